The minimum atomic E-state index is -0.420. The van der Waals surface area contributed by atoms with E-state index in [1.54, 1.807) is 31.0 Å². The van der Waals surface area contributed by atoms with Gasteiger partial charge in [-0.3, -0.25) is 10.1 Å². The monoisotopic (exact) mass is 471 g/mol. The van der Waals surface area contributed by atoms with Crippen molar-refractivity contribution in [2.24, 2.45) is 0 Å². The molecule has 160 valence electrons. The van der Waals surface area contributed by atoms with Crippen LogP contribution in [0.25, 0.3) is 11.3 Å². The molecule has 2 aromatic heterocycles. The van der Waals surface area contributed by atoms with E-state index in [9.17, 15) is 10.1 Å². The summed E-state index contributed by atoms with van der Waals surface area (Å²) in [5.41, 5.74) is 2.07. The number of hydrogen-bond acceptors (Lipinski definition) is 9. The summed E-state index contributed by atoms with van der Waals surface area (Å²) in [5, 5.41) is 21.0. The number of ether oxygens (including phenoxy) is 1. The van der Waals surface area contributed by atoms with Crippen LogP contribution < -0.4 is 10.1 Å². The van der Waals surface area contributed by atoms with Gasteiger partial charge in [-0.25, -0.2) is 4.98 Å². The zero-order chi connectivity index (χ0) is 22.2. The zero-order valence-electron chi connectivity index (χ0n) is 17.3. The van der Waals surface area contributed by atoms with Gasteiger partial charge < -0.3 is 4.74 Å². The number of carbonyl (C=O) groups is 1. The molecule has 2 heterocycles. The molecule has 1 amide bonds. The van der Waals surface area contributed by atoms with Crippen molar-refractivity contribution in [2.75, 3.05) is 18.2 Å². The fourth-order valence-electron chi connectivity index (χ4n) is 2.62. The van der Waals surface area contributed by atoms with E-state index in [2.05, 4.69) is 26.6 Å². The van der Waals surface area contributed by atoms with Crippen LogP contribution in [0.3, 0.4) is 0 Å². The minimum Gasteiger partial charge on any atom is -0.497 e. The maximum absolute atomic E-state index is 12.8. The fraction of sp³-hybridized carbons (Fsp3) is 0.286. The van der Waals surface area contributed by atoms with Crippen LogP contribution in [-0.4, -0.2) is 39.2 Å². The van der Waals surface area contributed by atoms with Gasteiger partial charge in [-0.2, -0.15) is 5.26 Å². The van der Waals surface area contributed by atoms with E-state index in [1.807, 2.05) is 38.1 Å². The highest BCUT2D eigenvalue weighted by Gasteiger charge is 2.22. The number of benzene rings is 1. The van der Waals surface area contributed by atoms with Gasteiger partial charge in [0.15, 0.2) is 4.34 Å². The molecule has 1 atom stereocenters. The Morgan fingerprint density at radius 1 is 1.23 bits per heavy atom. The molecular formula is C21H21N5O2S3. The van der Waals surface area contributed by atoms with Crippen LogP contribution in [0.1, 0.15) is 25.8 Å². The number of nitrogens with one attached hydrogen (secondary N) is 1. The summed E-state index contributed by atoms with van der Waals surface area (Å²) in [5.74, 6) is 1.47. The highest BCUT2D eigenvalue weighted by molar-refractivity contribution is 8.01. The predicted octanol–water partition coefficient (Wildman–Crippen LogP) is 5.10. The molecular weight excluding hydrogens is 450 g/mol. The number of aromatic nitrogens is 3. The van der Waals surface area contributed by atoms with Gasteiger partial charge in [-0.05, 0) is 48.6 Å². The topological polar surface area (TPSA) is 101 Å². The normalized spacial score (nSPS) is 11.5. The van der Waals surface area contributed by atoms with Crippen molar-refractivity contribution in [1.29, 1.82) is 5.26 Å². The van der Waals surface area contributed by atoms with Gasteiger partial charge in [-0.1, -0.05) is 48.7 Å². The number of carbonyl (C=O) groups excluding carboxylic acids is 1. The highest BCUT2D eigenvalue weighted by Crippen LogP contribution is 2.31. The van der Waals surface area contributed by atoms with Gasteiger partial charge in [0.1, 0.15) is 16.8 Å². The Labute approximate surface area is 193 Å². The van der Waals surface area contributed by atoms with Crippen molar-refractivity contribution >= 4 is 45.9 Å². The van der Waals surface area contributed by atoms with E-state index < -0.39 is 5.25 Å². The molecule has 1 aromatic carbocycles. The lowest BCUT2D eigenvalue weighted by molar-refractivity contribution is -0.115. The summed E-state index contributed by atoms with van der Waals surface area (Å²) in [7, 11) is 1.62. The molecule has 0 aliphatic carbocycles. The number of rotatable bonds is 9. The highest BCUT2D eigenvalue weighted by atomic mass is 32.2. The van der Waals surface area contributed by atoms with Crippen molar-refractivity contribution in [1.82, 2.24) is 15.2 Å². The summed E-state index contributed by atoms with van der Waals surface area (Å²) < 4.78 is 6.02. The predicted molar refractivity (Wildman–Crippen MR) is 126 cm³/mol. The molecule has 0 radical (unpaired) electrons. The van der Waals surface area contributed by atoms with Crippen LogP contribution >= 0.6 is 34.9 Å². The van der Waals surface area contributed by atoms with Crippen molar-refractivity contribution in [3.63, 3.8) is 0 Å². The number of nitrogens with zero attached hydrogens (tertiary/aromatic N) is 4. The standard InChI is InChI=1S/C21H21N5O2S3/c1-4-17(18(27)24-20-25-26-21(31-20)29-5-2)30-19-14(12-22)8-11-16(23-19)13-6-9-15(28-3)10-7-13/h6-11,17H,4-5H2,1-3H3,(H,24,25,27). The molecule has 7 nitrogen and oxygen atoms in total. The third kappa shape index (κ3) is 5.97. The molecule has 3 rings (SSSR count). The van der Waals surface area contributed by atoms with Crippen molar-refractivity contribution in [3.05, 3.63) is 42.0 Å². The summed E-state index contributed by atoms with van der Waals surface area (Å²) >= 11 is 4.21. The number of pyridine rings is 1. The first-order chi connectivity index (χ1) is 15.1. The van der Waals surface area contributed by atoms with Crippen LogP contribution in [0.5, 0.6) is 5.75 Å². The van der Waals surface area contributed by atoms with Gasteiger partial charge in [-0.15, -0.1) is 10.2 Å². The SMILES string of the molecule is CCSc1nnc(NC(=O)C(CC)Sc2nc(-c3ccc(OC)cc3)ccc2C#N)s1. The Kier molecular flexibility index (Phi) is 8.28. The summed E-state index contributed by atoms with van der Waals surface area (Å²) in [6, 6.07) is 13.2. The number of thioether (sulfide) groups is 2. The van der Waals surface area contributed by atoms with E-state index in [0.717, 1.165) is 27.1 Å². The number of amides is 1. The first-order valence-electron chi connectivity index (χ1n) is 9.57. The first kappa shape index (κ1) is 23.1. The molecule has 1 unspecified atom stereocenters. The van der Waals surface area contributed by atoms with Crippen LogP contribution in [0, 0.1) is 11.3 Å². The van der Waals surface area contributed by atoms with Crippen molar-refractivity contribution in [2.45, 2.75) is 34.9 Å². The number of anilines is 1. The second-order valence-electron chi connectivity index (χ2n) is 6.20. The number of hydrogen-bond donors (Lipinski definition) is 1. The smallest absolute Gasteiger partial charge is 0.239 e. The lowest BCUT2D eigenvalue weighted by Gasteiger charge is -2.14. The molecule has 0 aliphatic heterocycles. The maximum atomic E-state index is 12.8. The summed E-state index contributed by atoms with van der Waals surface area (Å²) in [4.78, 5) is 17.5. The van der Waals surface area contributed by atoms with Crippen LogP contribution in [0.4, 0.5) is 5.13 Å². The Balaban J connectivity index is 1.79. The maximum Gasteiger partial charge on any atom is 0.239 e. The molecule has 10 heteroatoms. The lowest BCUT2D eigenvalue weighted by Crippen LogP contribution is -2.24. The van der Waals surface area contributed by atoms with Gasteiger partial charge in [0.2, 0.25) is 11.0 Å². The molecule has 1 N–H and O–H groups in total. The quantitative estimate of drug-likeness (QED) is 0.340. The van der Waals surface area contributed by atoms with E-state index in [0.29, 0.717) is 22.1 Å². The third-order valence-electron chi connectivity index (χ3n) is 4.19. The van der Waals surface area contributed by atoms with Crippen LogP contribution in [0.15, 0.2) is 45.8 Å². The van der Waals surface area contributed by atoms with E-state index in [-0.39, 0.29) is 5.91 Å². The van der Waals surface area contributed by atoms with Crippen molar-refractivity contribution < 1.29 is 9.53 Å². The second kappa shape index (κ2) is 11.1. The molecule has 0 saturated heterocycles. The fourth-order valence-corrected chi connectivity index (χ4v) is 5.27. The minimum absolute atomic E-state index is 0.183. The third-order valence-corrected chi connectivity index (χ3v) is 7.41. The van der Waals surface area contributed by atoms with Gasteiger partial charge in [0, 0.05) is 5.56 Å². The van der Waals surface area contributed by atoms with Gasteiger partial charge >= 0.3 is 0 Å². The Bertz CT molecular complexity index is 1080. The average Bonchev–Trinajstić information content (AvgIpc) is 3.24. The number of nitriles is 1. The Morgan fingerprint density at radius 3 is 2.65 bits per heavy atom. The molecule has 3 aromatic rings. The van der Waals surface area contributed by atoms with E-state index in [4.69, 9.17) is 4.74 Å². The Morgan fingerprint density at radius 2 is 2.00 bits per heavy atom. The summed E-state index contributed by atoms with van der Waals surface area (Å²) in [6.07, 6.45) is 0.575. The average molecular weight is 472 g/mol. The lowest BCUT2D eigenvalue weighted by atomic mass is 10.1. The van der Waals surface area contributed by atoms with Gasteiger partial charge in [0.05, 0.1) is 23.6 Å². The molecule has 0 fully saturated rings. The molecule has 31 heavy (non-hydrogen) atoms. The van der Waals surface area contributed by atoms with E-state index >= 15 is 0 Å². The van der Waals surface area contributed by atoms with Crippen LogP contribution in [0.2, 0.25) is 0 Å². The number of methoxy groups -OCH3 is 1. The van der Waals surface area contributed by atoms with Crippen molar-refractivity contribution in [3.8, 4) is 23.1 Å². The van der Waals surface area contributed by atoms with Gasteiger partial charge in [0.25, 0.3) is 0 Å². The largest absolute Gasteiger partial charge is 0.497 e. The second-order valence-corrected chi connectivity index (χ2v) is 9.88. The molecule has 0 bridgehead atoms. The molecule has 0 spiro atoms. The summed E-state index contributed by atoms with van der Waals surface area (Å²) in [6.45, 7) is 3.96. The van der Waals surface area contributed by atoms with E-state index in [1.165, 1.54) is 23.1 Å². The molecule has 0 aliphatic rings. The van der Waals surface area contributed by atoms with Crippen LogP contribution in [-0.2, 0) is 4.79 Å². The molecule has 0 saturated carbocycles. The first-order valence-corrected chi connectivity index (χ1v) is 12.3. The zero-order valence-corrected chi connectivity index (χ0v) is 19.7. The Hall–Kier alpha value is -2.61.